The van der Waals surface area contributed by atoms with Gasteiger partial charge in [0.25, 0.3) is 0 Å². The van der Waals surface area contributed by atoms with Gasteiger partial charge in [-0.2, -0.15) is 0 Å². The van der Waals surface area contributed by atoms with Crippen molar-refractivity contribution in [2.75, 3.05) is 31.2 Å². The molecule has 0 bridgehead atoms. The number of hydrogen-bond acceptors (Lipinski definition) is 5. The third kappa shape index (κ3) is 3.42. The van der Waals surface area contributed by atoms with Crippen LogP contribution in [0.1, 0.15) is 25.7 Å². The summed E-state index contributed by atoms with van der Waals surface area (Å²) in [4.78, 5) is 11.0. The number of aromatic nitrogens is 2. The minimum absolute atomic E-state index is 0.556. The predicted molar refractivity (Wildman–Crippen MR) is 74.2 cm³/mol. The number of piperidine rings is 1. The van der Waals surface area contributed by atoms with E-state index in [1.807, 2.05) is 18.5 Å². The van der Waals surface area contributed by atoms with E-state index in [1.54, 1.807) is 0 Å². The molecule has 3 rings (SSSR count). The van der Waals surface area contributed by atoms with Crippen molar-refractivity contribution < 1.29 is 4.74 Å². The molecule has 0 amide bonds. The Morgan fingerprint density at radius 3 is 2.68 bits per heavy atom. The average molecular weight is 262 g/mol. The van der Waals surface area contributed by atoms with Crippen molar-refractivity contribution in [3.63, 3.8) is 0 Å². The second kappa shape index (κ2) is 6.30. The lowest BCUT2D eigenvalue weighted by Gasteiger charge is -2.36. The molecule has 1 aromatic rings. The SMILES string of the molecule is c1cnc(N2CCC[C@H](NC3CCOCC3)C2)nc1. The number of nitrogens with zero attached hydrogens (tertiary/aromatic N) is 3. The molecule has 5 heteroatoms. The van der Waals surface area contributed by atoms with Gasteiger partial charge in [0.15, 0.2) is 0 Å². The molecule has 2 aliphatic heterocycles. The van der Waals surface area contributed by atoms with Crippen LogP contribution in [0.25, 0.3) is 0 Å². The van der Waals surface area contributed by atoms with Gasteiger partial charge in [-0.15, -0.1) is 0 Å². The maximum absolute atomic E-state index is 5.41. The van der Waals surface area contributed by atoms with E-state index < -0.39 is 0 Å². The molecule has 0 saturated carbocycles. The van der Waals surface area contributed by atoms with E-state index in [-0.39, 0.29) is 0 Å². The zero-order valence-corrected chi connectivity index (χ0v) is 11.3. The van der Waals surface area contributed by atoms with Crippen molar-refractivity contribution in [2.45, 2.75) is 37.8 Å². The molecule has 3 heterocycles. The normalized spacial score (nSPS) is 25.5. The second-order valence-corrected chi connectivity index (χ2v) is 5.39. The standard InChI is InChI=1S/C14H22N4O/c1-3-13(17-12-4-9-19-10-5-12)11-18(8-1)14-15-6-2-7-16-14/h2,6-7,12-13,17H,1,3-5,8-11H2/t13-/m0/s1. The maximum Gasteiger partial charge on any atom is 0.225 e. The highest BCUT2D eigenvalue weighted by atomic mass is 16.5. The van der Waals surface area contributed by atoms with Crippen LogP contribution >= 0.6 is 0 Å². The predicted octanol–water partition coefficient (Wildman–Crippen LogP) is 1.21. The van der Waals surface area contributed by atoms with Gasteiger partial charge >= 0.3 is 0 Å². The number of rotatable bonds is 3. The first-order chi connectivity index (χ1) is 9.42. The van der Waals surface area contributed by atoms with Gasteiger partial charge in [0.1, 0.15) is 0 Å². The maximum atomic E-state index is 5.41. The highest BCUT2D eigenvalue weighted by Crippen LogP contribution is 2.17. The third-order valence-electron chi connectivity index (χ3n) is 3.95. The van der Waals surface area contributed by atoms with Crippen LogP contribution < -0.4 is 10.2 Å². The Labute approximate surface area is 114 Å². The van der Waals surface area contributed by atoms with Crippen molar-refractivity contribution >= 4 is 5.95 Å². The van der Waals surface area contributed by atoms with Crippen LogP contribution in [0.2, 0.25) is 0 Å². The number of ether oxygens (including phenoxy) is 1. The summed E-state index contributed by atoms with van der Waals surface area (Å²) >= 11 is 0. The summed E-state index contributed by atoms with van der Waals surface area (Å²) in [5.41, 5.74) is 0. The topological polar surface area (TPSA) is 50.3 Å². The summed E-state index contributed by atoms with van der Waals surface area (Å²) < 4.78 is 5.41. The van der Waals surface area contributed by atoms with Gasteiger partial charge in [0.2, 0.25) is 5.95 Å². The largest absolute Gasteiger partial charge is 0.381 e. The fourth-order valence-corrected chi connectivity index (χ4v) is 2.95. The third-order valence-corrected chi connectivity index (χ3v) is 3.95. The minimum Gasteiger partial charge on any atom is -0.381 e. The molecule has 0 radical (unpaired) electrons. The summed E-state index contributed by atoms with van der Waals surface area (Å²) in [5.74, 6) is 0.862. The van der Waals surface area contributed by atoms with E-state index in [4.69, 9.17) is 4.74 Å². The van der Waals surface area contributed by atoms with E-state index in [0.717, 1.165) is 45.1 Å². The minimum atomic E-state index is 0.556. The van der Waals surface area contributed by atoms with Crippen LogP contribution in [0.5, 0.6) is 0 Å². The fourth-order valence-electron chi connectivity index (χ4n) is 2.95. The summed E-state index contributed by atoms with van der Waals surface area (Å²) in [5, 5.41) is 3.78. The molecule has 0 aromatic carbocycles. The lowest BCUT2D eigenvalue weighted by atomic mass is 10.0. The van der Waals surface area contributed by atoms with E-state index >= 15 is 0 Å². The molecular formula is C14H22N4O. The molecule has 1 aromatic heterocycles. The van der Waals surface area contributed by atoms with Crippen LogP contribution in [-0.2, 0) is 4.74 Å². The molecule has 19 heavy (non-hydrogen) atoms. The number of nitrogens with one attached hydrogen (secondary N) is 1. The molecule has 0 spiro atoms. The van der Waals surface area contributed by atoms with E-state index in [0.29, 0.717) is 12.1 Å². The van der Waals surface area contributed by atoms with Crippen molar-refractivity contribution in [1.29, 1.82) is 0 Å². The van der Waals surface area contributed by atoms with Crippen molar-refractivity contribution in [1.82, 2.24) is 15.3 Å². The van der Waals surface area contributed by atoms with Gasteiger partial charge in [-0.3, -0.25) is 0 Å². The summed E-state index contributed by atoms with van der Waals surface area (Å²) in [7, 11) is 0. The molecule has 5 nitrogen and oxygen atoms in total. The van der Waals surface area contributed by atoms with Crippen molar-refractivity contribution in [2.24, 2.45) is 0 Å². The van der Waals surface area contributed by atoms with Gasteiger partial charge in [0.05, 0.1) is 0 Å². The Balaban J connectivity index is 1.55. The van der Waals surface area contributed by atoms with E-state index in [1.165, 1.54) is 12.8 Å². The molecule has 1 N–H and O–H groups in total. The van der Waals surface area contributed by atoms with E-state index in [2.05, 4.69) is 20.2 Å². The Morgan fingerprint density at radius 1 is 1.11 bits per heavy atom. The molecule has 104 valence electrons. The molecular weight excluding hydrogens is 240 g/mol. The van der Waals surface area contributed by atoms with E-state index in [9.17, 15) is 0 Å². The van der Waals surface area contributed by atoms with Gasteiger partial charge in [0, 0.05) is 50.8 Å². The summed E-state index contributed by atoms with van der Waals surface area (Å²) in [6.07, 6.45) is 8.37. The lowest BCUT2D eigenvalue weighted by molar-refractivity contribution is 0.0742. The molecule has 0 aliphatic carbocycles. The quantitative estimate of drug-likeness (QED) is 0.887. The Morgan fingerprint density at radius 2 is 1.89 bits per heavy atom. The zero-order chi connectivity index (χ0) is 12.9. The van der Waals surface area contributed by atoms with Crippen LogP contribution in [-0.4, -0.2) is 48.4 Å². The average Bonchev–Trinajstić information content (AvgIpc) is 2.49. The van der Waals surface area contributed by atoms with Gasteiger partial charge in [-0.05, 0) is 31.7 Å². The fraction of sp³-hybridized carbons (Fsp3) is 0.714. The Hall–Kier alpha value is -1.20. The van der Waals surface area contributed by atoms with Gasteiger partial charge in [-0.1, -0.05) is 0 Å². The first-order valence-electron chi connectivity index (χ1n) is 7.27. The molecule has 1 atom stereocenters. The molecule has 2 fully saturated rings. The lowest BCUT2D eigenvalue weighted by Crippen LogP contribution is -2.50. The Bertz CT molecular complexity index is 380. The number of anilines is 1. The highest BCUT2D eigenvalue weighted by Gasteiger charge is 2.24. The smallest absolute Gasteiger partial charge is 0.225 e. The van der Waals surface area contributed by atoms with Gasteiger partial charge < -0.3 is 15.0 Å². The summed E-state index contributed by atoms with van der Waals surface area (Å²) in [6.45, 7) is 3.88. The van der Waals surface area contributed by atoms with Crippen LogP contribution in [0.4, 0.5) is 5.95 Å². The van der Waals surface area contributed by atoms with Crippen LogP contribution in [0.15, 0.2) is 18.5 Å². The molecule has 0 unspecified atom stereocenters. The molecule has 2 aliphatic rings. The van der Waals surface area contributed by atoms with Crippen LogP contribution in [0.3, 0.4) is 0 Å². The molecule has 2 saturated heterocycles. The first-order valence-corrected chi connectivity index (χ1v) is 7.27. The Kier molecular flexibility index (Phi) is 4.25. The first kappa shape index (κ1) is 12.8. The van der Waals surface area contributed by atoms with Crippen molar-refractivity contribution in [3.8, 4) is 0 Å². The second-order valence-electron chi connectivity index (χ2n) is 5.39. The monoisotopic (exact) mass is 262 g/mol. The summed E-state index contributed by atoms with van der Waals surface area (Å²) in [6, 6.07) is 3.04. The van der Waals surface area contributed by atoms with Crippen LogP contribution in [0, 0.1) is 0 Å². The zero-order valence-electron chi connectivity index (χ0n) is 11.3. The van der Waals surface area contributed by atoms with Gasteiger partial charge in [-0.25, -0.2) is 9.97 Å². The van der Waals surface area contributed by atoms with Crippen molar-refractivity contribution in [3.05, 3.63) is 18.5 Å². The number of hydrogen-bond donors (Lipinski definition) is 1. The highest BCUT2D eigenvalue weighted by molar-refractivity contribution is 5.29.